The van der Waals surface area contributed by atoms with Gasteiger partial charge in [-0.05, 0) is 42.8 Å². The third kappa shape index (κ3) is 3.74. The Morgan fingerprint density at radius 3 is 2.57 bits per heavy atom. The Balaban J connectivity index is 1.54. The fourth-order valence-corrected chi connectivity index (χ4v) is 3.44. The Hall–Kier alpha value is -3.36. The molecule has 1 aliphatic rings. The van der Waals surface area contributed by atoms with Crippen LogP contribution in [0, 0.1) is 6.92 Å². The van der Waals surface area contributed by atoms with Crippen molar-refractivity contribution < 1.29 is 27.2 Å². The van der Waals surface area contributed by atoms with Crippen molar-refractivity contribution in [2.24, 2.45) is 0 Å². The molecule has 1 aromatic heterocycles. The lowest BCUT2D eigenvalue weighted by Crippen LogP contribution is -2.25. The van der Waals surface area contributed by atoms with Gasteiger partial charge >= 0.3 is 6.18 Å². The summed E-state index contributed by atoms with van der Waals surface area (Å²) in [4.78, 5) is 18.6. The SMILES string of the molecule is COc1ccc(C)c(N2CC(c3noc(-c4ccc(C(F)(F)F)cc4)n3)CC2=O)c1. The van der Waals surface area contributed by atoms with E-state index in [0.29, 0.717) is 23.7 Å². The number of amides is 1. The predicted molar refractivity (Wildman–Crippen MR) is 102 cm³/mol. The van der Waals surface area contributed by atoms with Crippen molar-refractivity contribution in [3.05, 3.63) is 59.4 Å². The lowest BCUT2D eigenvalue weighted by atomic mass is 10.1. The number of nitrogens with zero attached hydrogens (tertiary/aromatic N) is 3. The van der Waals surface area contributed by atoms with Crippen molar-refractivity contribution >= 4 is 11.6 Å². The van der Waals surface area contributed by atoms with Crippen LogP contribution in [-0.2, 0) is 11.0 Å². The zero-order valence-electron chi connectivity index (χ0n) is 16.2. The van der Waals surface area contributed by atoms with Crippen LogP contribution in [0.4, 0.5) is 18.9 Å². The van der Waals surface area contributed by atoms with Crippen LogP contribution < -0.4 is 9.64 Å². The van der Waals surface area contributed by atoms with E-state index in [2.05, 4.69) is 10.1 Å². The average Bonchev–Trinajstić information content (AvgIpc) is 3.35. The van der Waals surface area contributed by atoms with Crippen LogP contribution in [-0.4, -0.2) is 29.7 Å². The zero-order chi connectivity index (χ0) is 21.5. The Morgan fingerprint density at radius 2 is 1.90 bits per heavy atom. The minimum absolute atomic E-state index is 0.0720. The van der Waals surface area contributed by atoms with E-state index in [1.807, 2.05) is 19.1 Å². The number of benzene rings is 2. The number of carbonyl (C=O) groups is 1. The summed E-state index contributed by atoms with van der Waals surface area (Å²) >= 11 is 0. The summed E-state index contributed by atoms with van der Waals surface area (Å²) < 4.78 is 48.7. The molecule has 0 N–H and O–H groups in total. The second kappa shape index (κ2) is 7.47. The second-order valence-corrected chi connectivity index (χ2v) is 7.09. The monoisotopic (exact) mass is 417 g/mol. The normalized spacial score (nSPS) is 16.9. The molecular weight excluding hydrogens is 399 g/mol. The van der Waals surface area contributed by atoms with Gasteiger partial charge in [0, 0.05) is 30.5 Å². The summed E-state index contributed by atoms with van der Waals surface area (Å²) in [5, 5.41) is 3.95. The average molecular weight is 417 g/mol. The number of hydrogen-bond acceptors (Lipinski definition) is 5. The Kier molecular flexibility index (Phi) is 4.97. The van der Waals surface area contributed by atoms with Crippen molar-refractivity contribution in [3.8, 4) is 17.2 Å². The third-order valence-corrected chi connectivity index (χ3v) is 5.10. The molecule has 1 aliphatic heterocycles. The van der Waals surface area contributed by atoms with E-state index in [9.17, 15) is 18.0 Å². The van der Waals surface area contributed by atoms with Gasteiger partial charge in [-0.25, -0.2) is 0 Å². The quantitative estimate of drug-likeness (QED) is 0.621. The third-order valence-electron chi connectivity index (χ3n) is 5.10. The number of hydrogen-bond donors (Lipinski definition) is 0. The fraction of sp³-hybridized carbons (Fsp3) is 0.286. The lowest BCUT2D eigenvalue weighted by molar-refractivity contribution is -0.137. The molecule has 4 rings (SSSR count). The summed E-state index contributed by atoms with van der Waals surface area (Å²) in [7, 11) is 1.56. The second-order valence-electron chi connectivity index (χ2n) is 7.09. The van der Waals surface area contributed by atoms with Gasteiger partial charge in [0.25, 0.3) is 5.89 Å². The molecule has 1 amide bonds. The van der Waals surface area contributed by atoms with E-state index in [1.165, 1.54) is 12.1 Å². The largest absolute Gasteiger partial charge is 0.497 e. The molecule has 9 heteroatoms. The molecule has 6 nitrogen and oxygen atoms in total. The van der Waals surface area contributed by atoms with Gasteiger partial charge in [0.1, 0.15) is 5.75 Å². The summed E-state index contributed by atoms with van der Waals surface area (Å²) in [6.45, 7) is 2.28. The van der Waals surface area contributed by atoms with Gasteiger partial charge in [-0.2, -0.15) is 18.2 Å². The molecule has 1 saturated heterocycles. The molecule has 156 valence electrons. The Labute approximate surface area is 170 Å². The van der Waals surface area contributed by atoms with Crippen molar-refractivity contribution in [3.63, 3.8) is 0 Å². The highest BCUT2D eigenvalue weighted by Gasteiger charge is 2.35. The maximum Gasteiger partial charge on any atom is 0.416 e. The highest BCUT2D eigenvalue weighted by Crippen LogP contribution is 2.35. The van der Waals surface area contributed by atoms with Crippen LogP contribution >= 0.6 is 0 Å². The van der Waals surface area contributed by atoms with Gasteiger partial charge in [0.15, 0.2) is 5.82 Å². The smallest absolute Gasteiger partial charge is 0.416 e. The van der Waals surface area contributed by atoms with Crippen molar-refractivity contribution in [2.75, 3.05) is 18.6 Å². The molecule has 0 bridgehead atoms. The highest BCUT2D eigenvalue weighted by atomic mass is 19.4. The van der Waals surface area contributed by atoms with Gasteiger partial charge in [0.2, 0.25) is 5.91 Å². The Morgan fingerprint density at radius 1 is 1.17 bits per heavy atom. The number of aryl methyl sites for hydroxylation is 1. The standard InChI is InChI=1S/C21H18F3N3O3/c1-12-3-8-16(29-2)10-17(12)27-11-14(9-18(27)28)19-25-20(30-26-19)13-4-6-15(7-5-13)21(22,23)24/h3-8,10,14H,9,11H2,1-2H3. The number of rotatable bonds is 4. The molecule has 0 saturated carbocycles. The molecule has 2 aromatic carbocycles. The maximum absolute atomic E-state index is 12.7. The van der Waals surface area contributed by atoms with Crippen molar-refractivity contribution in [1.82, 2.24) is 10.1 Å². The van der Waals surface area contributed by atoms with E-state index in [4.69, 9.17) is 9.26 Å². The predicted octanol–water partition coefficient (Wildman–Crippen LogP) is 4.59. The minimum Gasteiger partial charge on any atom is -0.497 e. The zero-order valence-corrected chi connectivity index (χ0v) is 16.2. The van der Waals surface area contributed by atoms with Gasteiger partial charge in [0.05, 0.1) is 18.4 Å². The molecule has 2 heterocycles. The molecular formula is C21H18F3N3O3. The van der Waals surface area contributed by atoms with Crippen molar-refractivity contribution in [2.45, 2.75) is 25.4 Å². The molecule has 0 radical (unpaired) electrons. The first-order valence-corrected chi connectivity index (χ1v) is 9.22. The van der Waals surface area contributed by atoms with Gasteiger partial charge in [-0.1, -0.05) is 11.2 Å². The van der Waals surface area contributed by atoms with Crippen LogP contribution in [0.1, 0.15) is 29.3 Å². The van der Waals surface area contributed by atoms with Crippen LogP contribution in [0.25, 0.3) is 11.5 Å². The first kappa shape index (κ1) is 19.9. The van der Waals surface area contributed by atoms with Crippen LogP contribution in [0.15, 0.2) is 47.0 Å². The number of ether oxygens (including phenoxy) is 1. The van der Waals surface area contributed by atoms with E-state index < -0.39 is 11.7 Å². The minimum atomic E-state index is -4.41. The van der Waals surface area contributed by atoms with E-state index in [1.54, 1.807) is 18.1 Å². The molecule has 3 aromatic rings. The van der Waals surface area contributed by atoms with Gasteiger partial charge < -0.3 is 14.2 Å². The number of alkyl halides is 3. The summed E-state index contributed by atoms with van der Waals surface area (Å²) in [6, 6.07) is 10.0. The summed E-state index contributed by atoms with van der Waals surface area (Å²) in [6.07, 6.45) is -4.20. The summed E-state index contributed by atoms with van der Waals surface area (Å²) in [5.41, 5.74) is 1.32. The lowest BCUT2D eigenvalue weighted by Gasteiger charge is -2.19. The molecule has 0 spiro atoms. The molecule has 0 aliphatic carbocycles. The molecule has 1 unspecified atom stereocenters. The molecule has 1 atom stereocenters. The first-order valence-electron chi connectivity index (χ1n) is 9.22. The highest BCUT2D eigenvalue weighted by molar-refractivity contribution is 5.97. The number of halogens is 3. The van der Waals surface area contributed by atoms with E-state index in [-0.39, 0.29) is 24.1 Å². The van der Waals surface area contributed by atoms with E-state index in [0.717, 1.165) is 23.4 Å². The summed E-state index contributed by atoms with van der Waals surface area (Å²) in [5.74, 6) is 0.756. The number of anilines is 1. The Bertz CT molecular complexity index is 1080. The van der Waals surface area contributed by atoms with Crippen molar-refractivity contribution in [1.29, 1.82) is 0 Å². The van der Waals surface area contributed by atoms with Crippen LogP contribution in [0.3, 0.4) is 0 Å². The topological polar surface area (TPSA) is 68.5 Å². The van der Waals surface area contributed by atoms with Gasteiger partial charge in [-0.15, -0.1) is 0 Å². The number of aromatic nitrogens is 2. The van der Waals surface area contributed by atoms with E-state index >= 15 is 0 Å². The van der Waals surface area contributed by atoms with Crippen LogP contribution in [0.2, 0.25) is 0 Å². The first-order chi connectivity index (χ1) is 14.3. The van der Waals surface area contributed by atoms with Gasteiger partial charge in [-0.3, -0.25) is 4.79 Å². The number of methoxy groups -OCH3 is 1. The molecule has 1 fully saturated rings. The molecule has 30 heavy (non-hydrogen) atoms. The number of carbonyl (C=O) groups excluding carboxylic acids is 1. The fourth-order valence-electron chi connectivity index (χ4n) is 3.44. The van der Waals surface area contributed by atoms with Crippen LogP contribution in [0.5, 0.6) is 5.75 Å². The maximum atomic E-state index is 12.7.